The second kappa shape index (κ2) is 7.20. The first-order chi connectivity index (χ1) is 7.65. The third-order valence-corrected chi connectivity index (χ3v) is 2.64. The van der Waals surface area contributed by atoms with Crippen LogP contribution >= 0.6 is 34.8 Å². The van der Waals surface area contributed by atoms with Crippen molar-refractivity contribution in [3.05, 3.63) is 27.2 Å². The van der Waals surface area contributed by atoms with Crippen molar-refractivity contribution in [1.82, 2.24) is 0 Å². The van der Waals surface area contributed by atoms with Gasteiger partial charge in [0.15, 0.2) is 5.75 Å². The fourth-order valence-electron chi connectivity index (χ4n) is 1.15. The average molecular weight is 286 g/mol. The molecule has 0 radical (unpaired) electrons. The molecular formula is C10H13Cl3NO2+. The van der Waals surface area contributed by atoms with Gasteiger partial charge in [0.25, 0.3) is 0 Å². The Balaban J connectivity index is 2.47. The number of quaternary nitrogens is 1. The van der Waals surface area contributed by atoms with Crippen molar-refractivity contribution in [3.63, 3.8) is 0 Å². The van der Waals surface area contributed by atoms with E-state index in [2.05, 4.69) is 0 Å². The molecule has 0 spiro atoms. The molecule has 0 aliphatic heterocycles. The maximum atomic E-state index is 8.57. The van der Waals surface area contributed by atoms with Crippen LogP contribution in [0.1, 0.15) is 0 Å². The molecule has 0 atom stereocenters. The molecule has 0 amide bonds. The van der Waals surface area contributed by atoms with Gasteiger partial charge in [-0.25, -0.2) is 0 Å². The van der Waals surface area contributed by atoms with Gasteiger partial charge in [-0.3, -0.25) is 0 Å². The highest BCUT2D eigenvalue weighted by Gasteiger charge is 2.09. The summed E-state index contributed by atoms with van der Waals surface area (Å²) in [6.07, 6.45) is 0. The number of nitrogens with two attached hydrogens (primary N) is 1. The van der Waals surface area contributed by atoms with Gasteiger partial charge in [0.05, 0.1) is 23.2 Å². The predicted molar refractivity (Wildman–Crippen MR) is 65.7 cm³/mol. The van der Waals surface area contributed by atoms with Crippen LogP contribution in [0.2, 0.25) is 15.1 Å². The summed E-state index contributed by atoms with van der Waals surface area (Å²) in [4.78, 5) is 0. The molecule has 0 saturated carbocycles. The van der Waals surface area contributed by atoms with Gasteiger partial charge >= 0.3 is 0 Å². The van der Waals surface area contributed by atoms with E-state index in [0.29, 0.717) is 34.0 Å². The molecule has 0 unspecified atom stereocenters. The zero-order valence-electron chi connectivity index (χ0n) is 8.55. The van der Waals surface area contributed by atoms with E-state index >= 15 is 0 Å². The Bertz CT molecular complexity index is 324. The van der Waals surface area contributed by atoms with E-state index in [-0.39, 0.29) is 6.61 Å². The number of aliphatic hydroxyl groups is 1. The highest BCUT2D eigenvalue weighted by atomic mass is 35.5. The van der Waals surface area contributed by atoms with Gasteiger partial charge in [-0.2, -0.15) is 0 Å². The van der Waals surface area contributed by atoms with Crippen molar-refractivity contribution in [3.8, 4) is 5.75 Å². The molecule has 16 heavy (non-hydrogen) atoms. The van der Waals surface area contributed by atoms with E-state index in [4.69, 9.17) is 44.6 Å². The van der Waals surface area contributed by atoms with Gasteiger partial charge in [0.2, 0.25) is 0 Å². The van der Waals surface area contributed by atoms with Crippen LogP contribution in [0, 0.1) is 0 Å². The first-order valence-corrected chi connectivity index (χ1v) is 5.98. The minimum atomic E-state index is 0.155. The second-order valence-electron chi connectivity index (χ2n) is 3.14. The van der Waals surface area contributed by atoms with Crippen LogP contribution < -0.4 is 10.1 Å². The first-order valence-electron chi connectivity index (χ1n) is 4.85. The smallest absolute Gasteiger partial charge is 0.156 e. The molecule has 1 rings (SSSR count). The summed E-state index contributed by atoms with van der Waals surface area (Å²) in [6, 6.07) is 3.17. The molecule has 3 nitrogen and oxygen atoms in total. The summed E-state index contributed by atoms with van der Waals surface area (Å²) in [5.41, 5.74) is 0. The highest BCUT2D eigenvalue weighted by Crippen LogP contribution is 2.35. The van der Waals surface area contributed by atoms with Crippen LogP contribution in [0.3, 0.4) is 0 Å². The standard InChI is InChI=1S/C10H12Cl3NO2/c11-7-5-8(12)10(9(13)6-7)16-4-2-14-1-3-15/h5-6,14-15H,1-4H2/p+1. The van der Waals surface area contributed by atoms with Crippen molar-refractivity contribution in [1.29, 1.82) is 0 Å². The number of hydrogen-bond acceptors (Lipinski definition) is 2. The van der Waals surface area contributed by atoms with Crippen molar-refractivity contribution < 1.29 is 15.2 Å². The van der Waals surface area contributed by atoms with E-state index in [1.807, 2.05) is 5.32 Å². The third-order valence-electron chi connectivity index (χ3n) is 1.86. The summed E-state index contributed by atoms with van der Waals surface area (Å²) in [5, 5.41) is 11.8. The summed E-state index contributed by atoms with van der Waals surface area (Å²) in [7, 11) is 0. The predicted octanol–water partition coefficient (Wildman–Crippen LogP) is 1.58. The maximum Gasteiger partial charge on any atom is 0.156 e. The quantitative estimate of drug-likeness (QED) is 0.780. The Morgan fingerprint density at radius 3 is 2.31 bits per heavy atom. The SMILES string of the molecule is OCC[NH2+]CCOc1c(Cl)cc(Cl)cc1Cl. The average Bonchev–Trinajstić information content (AvgIpc) is 2.20. The molecule has 1 aromatic rings. The molecule has 90 valence electrons. The molecule has 0 aromatic heterocycles. The lowest BCUT2D eigenvalue weighted by Gasteiger charge is -2.09. The molecule has 1 aromatic carbocycles. The largest absolute Gasteiger partial charge is 0.485 e. The fraction of sp³-hybridized carbons (Fsp3) is 0.400. The molecule has 0 fully saturated rings. The van der Waals surface area contributed by atoms with Crippen LogP contribution in [-0.4, -0.2) is 31.4 Å². The topological polar surface area (TPSA) is 46.1 Å². The normalized spacial score (nSPS) is 10.5. The molecule has 0 heterocycles. The van der Waals surface area contributed by atoms with Gasteiger partial charge in [0.1, 0.15) is 13.2 Å². The minimum absolute atomic E-state index is 0.155. The third kappa shape index (κ3) is 4.36. The van der Waals surface area contributed by atoms with Gasteiger partial charge in [0, 0.05) is 5.02 Å². The number of ether oxygens (including phenoxy) is 1. The van der Waals surface area contributed by atoms with E-state index in [1.54, 1.807) is 12.1 Å². The zero-order valence-corrected chi connectivity index (χ0v) is 10.8. The van der Waals surface area contributed by atoms with Crippen molar-refractivity contribution >= 4 is 34.8 Å². The molecule has 0 saturated heterocycles. The van der Waals surface area contributed by atoms with Gasteiger partial charge in [-0.05, 0) is 12.1 Å². The van der Waals surface area contributed by atoms with Gasteiger partial charge < -0.3 is 15.2 Å². The number of halogens is 3. The van der Waals surface area contributed by atoms with Crippen LogP contribution in [0.5, 0.6) is 5.75 Å². The van der Waals surface area contributed by atoms with Crippen molar-refractivity contribution in [2.24, 2.45) is 0 Å². The number of rotatable bonds is 6. The first kappa shape index (κ1) is 13.9. The monoisotopic (exact) mass is 284 g/mol. The Labute approximate surface area is 109 Å². The molecule has 0 aliphatic carbocycles. The number of hydrogen-bond donors (Lipinski definition) is 2. The summed E-state index contributed by atoms with van der Waals surface area (Å²) < 4.78 is 5.43. The molecule has 0 aliphatic rings. The molecule has 6 heteroatoms. The number of aliphatic hydroxyl groups excluding tert-OH is 1. The lowest BCUT2D eigenvalue weighted by atomic mass is 10.3. The Morgan fingerprint density at radius 1 is 1.12 bits per heavy atom. The Hall–Kier alpha value is -0.190. The summed E-state index contributed by atoms with van der Waals surface area (Å²) in [5.74, 6) is 0.449. The second-order valence-corrected chi connectivity index (χ2v) is 4.39. The molecule has 0 bridgehead atoms. The lowest BCUT2D eigenvalue weighted by molar-refractivity contribution is -0.656. The lowest BCUT2D eigenvalue weighted by Crippen LogP contribution is -2.86. The zero-order chi connectivity index (χ0) is 12.0. The summed E-state index contributed by atoms with van der Waals surface area (Å²) in [6.45, 7) is 2.02. The van der Waals surface area contributed by atoms with E-state index in [0.717, 1.165) is 6.54 Å². The van der Waals surface area contributed by atoms with Crippen molar-refractivity contribution in [2.75, 3.05) is 26.3 Å². The van der Waals surface area contributed by atoms with Gasteiger partial charge in [-0.15, -0.1) is 0 Å². The van der Waals surface area contributed by atoms with Crippen LogP contribution in [0.4, 0.5) is 0 Å². The fourth-order valence-corrected chi connectivity index (χ4v) is 2.07. The number of benzene rings is 1. The minimum Gasteiger partial charge on any atom is -0.485 e. The van der Waals surface area contributed by atoms with E-state index in [1.165, 1.54) is 0 Å². The molecular weight excluding hydrogens is 272 g/mol. The van der Waals surface area contributed by atoms with Crippen LogP contribution in [0.25, 0.3) is 0 Å². The Kier molecular flexibility index (Phi) is 6.24. The van der Waals surface area contributed by atoms with Gasteiger partial charge in [-0.1, -0.05) is 34.8 Å². The van der Waals surface area contributed by atoms with Crippen LogP contribution in [0.15, 0.2) is 12.1 Å². The molecule has 3 N–H and O–H groups in total. The van der Waals surface area contributed by atoms with Crippen LogP contribution in [-0.2, 0) is 0 Å². The van der Waals surface area contributed by atoms with Crippen molar-refractivity contribution in [2.45, 2.75) is 0 Å². The Morgan fingerprint density at radius 2 is 1.75 bits per heavy atom. The van der Waals surface area contributed by atoms with E-state index in [9.17, 15) is 0 Å². The highest BCUT2D eigenvalue weighted by molar-refractivity contribution is 6.40. The van der Waals surface area contributed by atoms with E-state index < -0.39 is 0 Å². The maximum absolute atomic E-state index is 8.57. The summed E-state index contributed by atoms with van der Waals surface area (Å²) >= 11 is 17.6.